The molecule has 0 spiro atoms. The Morgan fingerprint density at radius 3 is 2.57 bits per heavy atom. The van der Waals surface area contributed by atoms with Crippen molar-refractivity contribution >= 4 is 27.5 Å². The molecule has 0 aliphatic rings. The molecule has 0 amide bonds. The summed E-state index contributed by atoms with van der Waals surface area (Å²) < 4.78 is 31.9. The molecular formula is C15H17NO3S2. The van der Waals surface area contributed by atoms with Crippen LogP contribution < -0.4 is 9.46 Å². The van der Waals surface area contributed by atoms with Crippen LogP contribution in [0.4, 0.5) is 5.69 Å². The number of ether oxygens (including phenoxy) is 1. The van der Waals surface area contributed by atoms with Gasteiger partial charge in [-0.2, -0.15) is 0 Å². The molecule has 0 atom stereocenters. The Morgan fingerprint density at radius 2 is 1.86 bits per heavy atom. The Kier molecular flexibility index (Phi) is 5.52. The Bertz CT molecular complexity index is 672. The fourth-order valence-electron chi connectivity index (χ4n) is 1.70. The van der Waals surface area contributed by atoms with Crippen molar-refractivity contribution in [2.75, 3.05) is 23.3 Å². The summed E-state index contributed by atoms with van der Waals surface area (Å²) in [6.45, 7) is 0.113. The van der Waals surface area contributed by atoms with Gasteiger partial charge >= 0.3 is 0 Å². The van der Waals surface area contributed by atoms with E-state index in [2.05, 4.69) is 4.72 Å². The summed E-state index contributed by atoms with van der Waals surface area (Å²) in [5.41, 5.74) is 0.571. The first-order valence-electron chi connectivity index (χ1n) is 6.41. The van der Waals surface area contributed by atoms with Gasteiger partial charge in [-0.05, 0) is 36.6 Å². The van der Waals surface area contributed by atoms with Crippen molar-refractivity contribution in [3.05, 3.63) is 54.6 Å². The average Bonchev–Trinajstić information content (AvgIpc) is 2.48. The Hall–Kier alpha value is -1.66. The zero-order chi connectivity index (χ0) is 15.1. The molecule has 1 N–H and O–H groups in total. The van der Waals surface area contributed by atoms with E-state index in [9.17, 15) is 8.42 Å². The van der Waals surface area contributed by atoms with Gasteiger partial charge in [-0.1, -0.05) is 24.3 Å². The lowest BCUT2D eigenvalue weighted by atomic mass is 10.3. The largest absolute Gasteiger partial charge is 0.492 e. The van der Waals surface area contributed by atoms with Crippen molar-refractivity contribution in [3.63, 3.8) is 0 Å². The number of para-hydroxylation sites is 1. The fourth-order valence-corrected chi connectivity index (χ4v) is 3.05. The molecule has 2 aromatic rings. The third-order valence-electron chi connectivity index (χ3n) is 2.71. The molecule has 2 aromatic carbocycles. The second-order valence-electron chi connectivity index (χ2n) is 4.31. The van der Waals surface area contributed by atoms with Crippen LogP contribution in [-0.2, 0) is 10.0 Å². The van der Waals surface area contributed by atoms with E-state index >= 15 is 0 Å². The van der Waals surface area contributed by atoms with E-state index in [-0.39, 0.29) is 12.4 Å². The van der Waals surface area contributed by atoms with Crippen LogP contribution in [0.15, 0.2) is 59.5 Å². The quantitative estimate of drug-likeness (QED) is 0.795. The maximum atomic E-state index is 12.0. The van der Waals surface area contributed by atoms with Crippen LogP contribution in [0.5, 0.6) is 5.75 Å². The minimum Gasteiger partial charge on any atom is -0.492 e. The molecule has 0 aromatic heterocycles. The molecule has 0 bridgehead atoms. The smallest absolute Gasteiger partial charge is 0.236 e. The molecule has 0 aliphatic heterocycles. The van der Waals surface area contributed by atoms with Crippen molar-refractivity contribution < 1.29 is 13.2 Å². The van der Waals surface area contributed by atoms with Crippen LogP contribution >= 0.6 is 11.8 Å². The highest BCUT2D eigenvalue weighted by atomic mass is 32.2. The van der Waals surface area contributed by atoms with E-state index in [4.69, 9.17) is 4.74 Å². The van der Waals surface area contributed by atoms with Gasteiger partial charge in [0.25, 0.3) is 0 Å². The molecule has 0 saturated carbocycles. The predicted molar refractivity (Wildman–Crippen MR) is 87.6 cm³/mol. The average molecular weight is 323 g/mol. The van der Waals surface area contributed by atoms with Crippen molar-refractivity contribution in [2.24, 2.45) is 0 Å². The number of nitrogens with one attached hydrogen (secondary N) is 1. The van der Waals surface area contributed by atoms with Crippen LogP contribution in [-0.4, -0.2) is 27.0 Å². The Labute approximate surface area is 129 Å². The zero-order valence-corrected chi connectivity index (χ0v) is 13.3. The van der Waals surface area contributed by atoms with Gasteiger partial charge in [0.15, 0.2) is 0 Å². The minimum absolute atomic E-state index is 0.0919. The van der Waals surface area contributed by atoms with Crippen molar-refractivity contribution in [2.45, 2.75) is 4.90 Å². The van der Waals surface area contributed by atoms with Crippen molar-refractivity contribution in [1.82, 2.24) is 0 Å². The van der Waals surface area contributed by atoms with Gasteiger partial charge in [0, 0.05) is 10.6 Å². The predicted octanol–water partition coefficient (Wildman–Crippen LogP) is 3.23. The number of hydrogen-bond donors (Lipinski definition) is 1. The summed E-state index contributed by atoms with van der Waals surface area (Å²) in [7, 11) is -3.41. The van der Waals surface area contributed by atoms with Gasteiger partial charge in [0.2, 0.25) is 10.0 Å². The number of hydrogen-bond acceptors (Lipinski definition) is 4. The molecular weight excluding hydrogens is 306 g/mol. The van der Waals surface area contributed by atoms with Gasteiger partial charge in [-0.15, -0.1) is 11.8 Å². The van der Waals surface area contributed by atoms with Gasteiger partial charge in [0.1, 0.15) is 18.1 Å². The van der Waals surface area contributed by atoms with Crippen LogP contribution in [0, 0.1) is 0 Å². The first-order chi connectivity index (χ1) is 10.1. The third kappa shape index (κ3) is 5.32. The van der Waals surface area contributed by atoms with Gasteiger partial charge in [-0.25, -0.2) is 8.42 Å². The highest BCUT2D eigenvalue weighted by Crippen LogP contribution is 2.19. The first-order valence-corrected chi connectivity index (χ1v) is 9.29. The summed E-state index contributed by atoms with van der Waals surface area (Å²) >= 11 is 1.56. The lowest BCUT2D eigenvalue weighted by Crippen LogP contribution is -2.21. The third-order valence-corrected chi connectivity index (χ3v) is 4.68. The monoisotopic (exact) mass is 323 g/mol. The molecule has 0 unspecified atom stereocenters. The maximum Gasteiger partial charge on any atom is 0.236 e. The van der Waals surface area contributed by atoms with Crippen LogP contribution in [0.25, 0.3) is 0 Å². The number of anilines is 1. The van der Waals surface area contributed by atoms with Crippen molar-refractivity contribution in [3.8, 4) is 5.75 Å². The number of benzene rings is 2. The number of thioether (sulfide) groups is 1. The first kappa shape index (κ1) is 15.7. The van der Waals surface area contributed by atoms with Crippen LogP contribution in [0.3, 0.4) is 0 Å². The summed E-state index contributed by atoms with van der Waals surface area (Å²) in [5.74, 6) is 0.572. The van der Waals surface area contributed by atoms with Crippen LogP contribution in [0.1, 0.15) is 0 Å². The van der Waals surface area contributed by atoms with E-state index in [0.717, 1.165) is 4.90 Å². The molecule has 0 aliphatic carbocycles. The molecule has 2 rings (SSSR count). The fraction of sp³-hybridized carbons (Fsp3) is 0.200. The van der Waals surface area contributed by atoms with E-state index < -0.39 is 10.0 Å². The van der Waals surface area contributed by atoms with E-state index in [0.29, 0.717) is 11.4 Å². The lowest BCUT2D eigenvalue weighted by molar-refractivity contribution is 0.341. The summed E-state index contributed by atoms with van der Waals surface area (Å²) in [5, 5.41) is 0. The van der Waals surface area contributed by atoms with Crippen LogP contribution in [0.2, 0.25) is 0 Å². The molecule has 112 valence electrons. The van der Waals surface area contributed by atoms with Gasteiger partial charge in [-0.3, -0.25) is 4.72 Å². The Balaban J connectivity index is 1.89. The molecule has 0 radical (unpaired) electrons. The summed E-state index contributed by atoms with van der Waals surface area (Å²) in [6, 6.07) is 16.4. The maximum absolute atomic E-state index is 12.0. The molecule has 0 saturated heterocycles. The summed E-state index contributed by atoms with van der Waals surface area (Å²) in [4.78, 5) is 1.01. The van der Waals surface area contributed by atoms with Crippen molar-refractivity contribution in [1.29, 1.82) is 0 Å². The molecule has 0 heterocycles. The highest BCUT2D eigenvalue weighted by molar-refractivity contribution is 7.98. The standard InChI is InChI=1S/C15H17NO3S2/c1-20-15-9-5-6-13(12-15)16-21(17,18)11-10-19-14-7-3-2-4-8-14/h2-9,12,16H,10-11H2,1H3. The lowest BCUT2D eigenvalue weighted by Gasteiger charge is -2.10. The Morgan fingerprint density at radius 1 is 1.10 bits per heavy atom. The number of rotatable bonds is 7. The van der Waals surface area contributed by atoms with Gasteiger partial charge < -0.3 is 4.74 Å². The molecule has 0 fully saturated rings. The SMILES string of the molecule is CSc1cccc(NS(=O)(=O)CCOc2ccccc2)c1. The van der Waals surface area contributed by atoms with E-state index in [1.54, 1.807) is 36.0 Å². The minimum atomic E-state index is -3.41. The second-order valence-corrected chi connectivity index (χ2v) is 7.04. The molecule has 6 heteroatoms. The topological polar surface area (TPSA) is 55.4 Å². The number of sulfonamides is 1. The highest BCUT2D eigenvalue weighted by Gasteiger charge is 2.11. The van der Waals surface area contributed by atoms with Gasteiger partial charge in [0.05, 0.1) is 0 Å². The normalized spacial score (nSPS) is 11.1. The molecule has 21 heavy (non-hydrogen) atoms. The van der Waals surface area contributed by atoms with E-state index in [1.807, 2.05) is 36.6 Å². The summed E-state index contributed by atoms with van der Waals surface area (Å²) in [6.07, 6.45) is 1.95. The van der Waals surface area contributed by atoms with E-state index in [1.165, 1.54) is 0 Å². The second kappa shape index (κ2) is 7.38. The zero-order valence-electron chi connectivity index (χ0n) is 11.7. The molecule has 4 nitrogen and oxygen atoms in total.